The Balaban J connectivity index is 2.01. The van der Waals surface area contributed by atoms with Crippen LogP contribution in [0.5, 0.6) is 5.75 Å². The molecule has 0 aliphatic rings. The van der Waals surface area contributed by atoms with Gasteiger partial charge in [-0.05, 0) is 47.4 Å². The van der Waals surface area contributed by atoms with Crippen molar-refractivity contribution in [3.63, 3.8) is 0 Å². The third kappa shape index (κ3) is 5.15. The number of aryl methyl sites for hydroxylation is 1. The zero-order valence-corrected chi connectivity index (χ0v) is 18.1. The first-order valence-corrected chi connectivity index (χ1v) is 10.2. The monoisotopic (exact) mass is 421 g/mol. The molecule has 3 rings (SSSR count). The molecule has 0 amide bonds. The first-order valence-electron chi connectivity index (χ1n) is 10.2. The fourth-order valence-electron chi connectivity index (χ4n) is 3.70. The lowest BCUT2D eigenvalue weighted by Crippen LogP contribution is -2.03. The summed E-state index contributed by atoms with van der Waals surface area (Å²) in [5, 5.41) is 9.97. The van der Waals surface area contributed by atoms with E-state index < -0.39 is 11.9 Å². The summed E-state index contributed by atoms with van der Waals surface area (Å²) in [5.74, 6) is -0.617. The summed E-state index contributed by atoms with van der Waals surface area (Å²) in [7, 11) is 2.94. The Morgan fingerprint density at radius 3 is 2.58 bits per heavy atom. The Morgan fingerprint density at radius 2 is 1.90 bits per heavy atom. The Hall–Kier alpha value is -3.54. The highest BCUT2D eigenvalue weighted by molar-refractivity contribution is 5.90. The number of rotatable bonds is 9. The molecule has 0 saturated carbocycles. The van der Waals surface area contributed by atoms with E-state index in [4.69, 9.17) is 14.6 Å². The molecule has 0 unspecified atom stereocenters. The zero-order valence-electron chi connectivity index (χ0n) is 18.1. The molecule has 6 nitrogen and oxygen atoms in total. The second kappa shape index (κ2) is 9.98. The molecule has 1 heterocycles. The maximum Gasteiger partial charge on any atom is 0.337 e. The number of benzene rings is 2. The third-order valence-electron chi connectivity index (χ3n) is 5.14. The summed E-state index contributed by atoms with van der Waals surface area (Å²) >= 11 is 0. The van der Waals surface area contributed by atoms with E-state index in [1.165, 1.54) is 7.11 Å². The van der Waals surface area contributed by atoms with E-state index >= 15 is 0 Å². The largest absolute Gasteiger partial charge is 0.496 e. The van der Waals surface area contributed by atoms with Crippen LogP contribution in [0.4, 0.5) is 0 Å². The number of esters is 1. The Labute approximate surface area is 181 Å². The number of aromatic nitrogens is 1. The van der Waals surface area contributed by atoms with Gasteiger partial charge in [-0.25, -0.2) is 4.79 Å². The summed E-state index contributed by atoms with van der Waals surface area (Å²) in [6.45, 7) is 3.05. The smallest absolute Gasteiger partial charge is 0.337 e. The number of aliphatic carboxylic acids is 1. The highest BCUT2D eigenvalue weighted by atomic mass is 16.5. The van der Waals surface area contributed by atoms with Gasteiger partial charge < -0.3 is 19.1 Å². The van der Waals surface area contributed by atoms with E-state index in [-0.39, 0.29) is 6.42 Å². The van der Waals surface area contributed by atoms with Gasteiger partial charge in [0.05, 0.1) is 26.2 Å². The molecule has 0 radical (unpaired) electrons. The van der Waals surface area contributed by atoms with E-state index in [0.29, 0.717) is 17.7 Å². The number of carbonyl (C=O) groups excluding carboxylic acids is 1. The molecule has 6 heteroatoms. The molecule has 1 N–H and O–H groups in total. The number of ether oxygens (including phenoxy) is 2. The molecule has 162 valence electrons. The van der Waals surface area contributed by atoms with E-state index in [1.54, 1.807) is 25.3 Å². The van der Waals surface area contributed by atoms with E-state index in [9.17, 15) is 9.59 Å². The van der Waals surface area contributed by atoms with Crippen LogP contribution in [0.15, 0.2) is 48.7 Å². The highest BCUT2D eigenvalue weighted by Crippen LogP contribution is 2.30. The van der Waals surface area contributed by atoms with E-state index in [2.05, 4.69) is 29.8 Å². The normalized spacial score (nSPS) is 11.2. The second-order valence-corrected chi connectivity index (χ2v) is 7.32. The van der Waals surface area contributed by atoms with E-state index in [1.807, 2.05) is 18.2 Å². The number of methoxy groups -OCH3 is 2. The minimum Gasteiger partial charge on any atom is -0.496 e. The molecule has 0 spiro atoms. The maximum atomic E-state index is 11.8. The molecule has 0 bridgehead atoms. The number of carbonyl (C=O) groups is 2. The molecule has 0 aliphatic carbocycles. The number of hydrogen-bond acceptors (Lipinski definition) is 4. The minimum absolute atomic E-state index is 0.00845. The van der Waals surface area contributed by atoms with Crippen LogP contribution in [0.2, 0.25) is 0 Å². The summed E-state index contributed by atoms with van der Waals surface area (Å²) in [6, 6.07) is 11.5. The Morgan fingerprint density at radius 1 is 1.10 bits per heavy atom. The van der Waals surface area contributed by atoms with Crippen molar-refractivity contribution in [1.82, 2.24) is 4.57 Å². The average molecular weight is 421 g/mol. The van der Waals surface area contributed by atoms with Gasteiger partial charge in [0.25, 0.3) is 0 Å². The van der Waals surface area contributed by atoms with Gasteiger partial charge in [0.2, 0.25) is 0 Å². The summed E-state index contributed by atoms with van der Waals surface area (Å²) < 4.78 is 12.6. The molecule has 0 fully saturated rings. The van der Waals surface area contributed by atoms with Crippen molar-refractivity contribution in [2.24, 2.45) is 0 Å². The number of carboxylic acids is 1. The van der Waals surface area contributed by atoms with Crippen LogP contribution in [-0.2, 0) is 22.5 Å². The lowest BCUT2D eigenvalue weighted by atomic mass is 10.0. The fraction of sp³-hybridized carbons (Fsp3) is 0.280. The molecular weight excluding hydrogens is 394 g/mol. The number of fused-ring (bicyclic) bond motifs is 1. The first kappa shape index (κ1) is 22.2. The topological polar surface area (TPSA) is 77.8 Å². The molecule has 31 heavy (non-hydrogen) atoms. The minimum atomic E-state index is -0.852. The van der Waals surface area contributed by atoms with Gasteiger partial charge in [0.15, 0.2) is 0 Å². The summed E-state index contributed by atoms with van der Waals surface area (Å²) in [4.78, 5) is 22.6. The van der Waals surface area contributed by atoms with Crippen LogP contribution in [0.25, 0.3) is 17.0 Å². The van der Waals surface area contributed by atoms with Crippen molar-refractivity contribution in [3.8, 4) is 5.75 Å². The van der Waals surface area contributed by atoms with Gasteiger partial charge in [-0.2, -0.15) is 0 Å². The number of hydrogen-bond donors (Lipinski definition) is 1. The van der Waals surface area contributed by atoms with Crippen molar-refractivity contribution in [3.05, 3.63) is 70.9 Å². The fourth-order valence-corrected chi connectivity index (χ4v) is 3.70. The van der Waals surface area contributed by atoms with Gasteiger partial charge in [0.1, 0.15) is 5.75 Å². The van der Waals surface area contributed by atoms with Crippen molar-refractivity contribution >= 4 is 28.9 Å². The van der Waals surface area contributed by atoms with Crippen LogP contribution >= 0.6 is 0 Å². The van der Waals surface area contributed by atoms with Crippen LogP contribution in [0.3, 0.4) is 0 Å². The number of nitrogens with zero attached hydrogens (tertiary/aromatic N) is 1. The summed E-state index contributed by atoms with van der Waals surface area (Å²) in [6.07, 6.45) is 7.29. The first-order chi connectivity index (χ1) is 15.0. The summed E-state index contributed by atoms with van der Waals surface area (Å²) in [5.41, 5.74) is 4.65. The van der Waals surface area contributed by atoms with Crippen LogP contribution in [0, 0.1) is 0 Å². The predicted octanol–water partition coefficient (Wildman–Crippen LogP) is 4.93. The van der Waals surface area contributed by atoms with Crippen molar-refractivity contribution < 1.29 is 24.2 Å². The van der Waals surface area contributed by atoms with Crippen LogP contribution in [-0.4, -0.2) is 35.8 Å². The standard InChI is InChI=1S/C25H27NO5/c1-4-12-26-16-20(14-18-9-10-19(25(29)31-3)15-23(18)30-2)21-13-17(8-11-22(21)26)6-5-7-24(27)28/h5-6,8-11,13,15-16H,4,7,12,14H2,1-3H3,(H,27,28). The predicted molar refractivity (Wildman–Crippen MR) is 121 cm³/mol. The molecule has 0 atom stereocenters. The van der Waals surface area contributed by atoms with Gasteiger partial charge in [-0.3, -0.25) is 4.79 Å². The Bertz CT molecular complexity index is 1130. The molecule has 0 saturated heterocycles. The van der Waals surface area contributed by atoms with Crippen LogP contribution in [0.1, 0.15) is 46.8 Å². The molecule has 0 aliphatic heterocycles. The molecule has 1 aromatic heterocycles. The lowest BCUT2D eigenvalue weighted by molar-refractivity contribution is -0.135. The van der Waals surface area contributed by atoms with Crippen molar-refractivity contribution in [1.29, 1.82) is 0 Å². The van der Waals surface area contributed by atoms with E-state index in [0.717, 1.165) is 40.6 Å². The lowest BCUT2D eigenvalue weighted by Gasteiger charge is -2.10. The average Bonchev–Trinajstić information content (AvgIpc) is 3.10. The molecular formula is C25H27NO5. The van der Waals surface area contributed by atoms with Crippen LogP contribution < -0.4 is 4.74 Å². The van der Waals surface area contributed by atoms with Crippen molar-refractivity contribution in [2.45, 2.75) is 32.7 Å². The quantitative estimate of drug-likeness (QED) is 0.496. The third-order valence-corrected chi connectivity index (χ3v) is 5.14. The number of carboxylic acid groups (broad SMARTS) is 1. The maximum absolute atomic E-state index is 11.8. The van der Waals surface area contributed by atoms with Gasteiger partial charge >= 0.3 is 11.9 Å². The Kier molecular flexibility index (Phi) is 7.13. The highest BCUT2D eigenvalue weighted by Gasteiger charge is 2.14. The molecule has 3 aromatic rings. The van der Waals surface area contributed by atoms with Crippen molar-refractivity contribution in [2.75, 3.05) is 14.2 Å². The SMILES string of the molecule is CCCn1cc(Cc2ccc(C(=O)OC)cc2OC)c2cc(C=CCC(=O)O)ccc21. The molecule has 2 aromatic carbocycles. The second-order valence-electron chi connectivity index (χ2n) is 7.32. The zero-order chi connectivity index (χ0) is 22.4. The van der Waals surface area contributed by atoms with Gasteiger partial charge in [-0.15, -0.1) is 0 Å². The van der Waals surface area contributed by atoms with Gasteiger partial charge in [0, 0.05) is 30.1 Å². The van der Waals surface area contributed by atoms with Gasteiger partial charge in [-0.1, -0.05) is 31.2 Å².